The Balaban J connectivity index is 1.84. The molecule has 1 N–H and O–H groups in total. The number of ether oxygens (including phenoxy) is 1. The molecule has 3 heterocycles. The van der Waals surface area contributed by atoms with Gasteiger partial charge in [-0.15, -0.1) is 0 Å². The molecule has 1 amide bonds. The van der Waals surface area contributed by atoms with Gasteiger partial charge in [0.25, 0.3) is 5.91 Å². The number of hydrogen-bond donors (Lipinski definition) is 1. The van der Waals surface area contributed by atoms with Gasteiger partial charge in [0.2, 0.25) is 0 Å². The van der Waals surface area contributed by atoms with Gasteiger partial charge in [-0.1, -0.05) is 29.3 Å². The largest absolute Gasteiger partial charge is 0.357 e. The number of carbonyl (C=O) groups is 1. The number of hydrogen-bond acceptors (Lipinski definition) is 5. The molecular formula is C15H14Cl2N4O2. The lowest BCUT2D eigenvalue weighted by atomic mass is 10.2. The second kappa shape index (κ2) is 7.12. The van der Waals surface area contributed by atoms with Gasteiger partial charge in [-0.3, -0.25) is 10.2 Å². The van der Waals surface area contributed by atoms with Crippen molar-refractivity contribution in [2.75, 3.05) is 11.6 Å². The van der Waals surface area contributed by atoms with Crippen LogP contribution in [0.3, 0.4) is 0 Å². The summed E-state index contributed by atoms with van der Waals surface area (Å²) in [5, 5.41) is 1.94. The number of pyridine rings is 2. The average molecular weight is 353 g/mol. The first-order chi connectivity index (χ1) is 11.1. The SMILES string of the molecule is O=C(NN(c1ccccn1)C1CCCO1)c1cc(Cl)nc(Cl)c1. The number of hydrazine groups is 1. The van der Waals surface area contributed by atoms with Crippen molar-refractivity contribution in [1.82, 2.24) is 15.4 Å². The predicted molar refractivity (Wildman–Crippen MR) is 87.4 cm³/mol. The molecule has 120 valence electrons. The van der Waals surface area contributed by atoms with E-state index in [1.165, 1.54) is 12.1 Å². The number of aromatic nitrogens is 2. The Hall–Kier alpha value is -1.89. The van der Waals surface area contributed by atoms with E-state index in [1.54, 1.807) is 23.3 Å². The van der Waals surface area contributed by atoms with Crippen molar-refractivity contribution in [1.29, 1.82) is 0 Å². The van der Waals surface area contributed by atoms with Crippen molar-refractivity contribution >= 4 is 34.9 Å². The Bertz CT molecular complexity index is 673. The van der Waals surface area contributed by atoms with Crippen LogP contribution in [-0.2, 0) is 4.74 Å². The molecule has 0 bridgehead atoms. The van der Waals surface area contributed by atoms with E-state index in [4.69, 9.17) is 27.9 Å². The van der Waals surface area contributed by atoms with Crippen LogP contribution in [0.25, 0.3) is 0 Å². The van der Waals surface area contributed by atoms with Crippen LogP contribution in [0.4, 0.5) is 5.82 Å². The van der Waals surface area contributed by atoms with Crippen molar-refractivity contribution < 1.29 is 9.53 Å². The van der Waals surface area contributed by atoms with Crippen LogP contribution < -0.4 is 10.4 Å². The van der Waals surface area contributed by atoms with Crippen LogP contribution in [0.5, 0.6) is 0 Å². The summed E-state index contributed by atoms with van der Waals surface area (Å²) in [4.78, 5) is 20.6. The standard InChI is InChI=1S/C15H14Cl2N4O2/c16-11-8-10(9-12(17)19-11)15(22)20-21(14-5-3-7-23-14)13-4-1-2-6-18-13/h1-2,4,6,8-9,14H,3,5,7H2,(H,20,22). The van der Waals surface area contributed by atoms with E-state index in [0.29, 0.717) is 18.0 Å². The van der Waals surface area contributed by atoms with E-state index >= 15 is 0 Å². The number of halogens is 2. The highest BCUT2D eigenvalue weighted by Crippen LogP contribution is 2.21. The third kappa shape index (κ3) is 3.90. The van der Waals surface area contributed by atoms with Crippen molar-refractivity contribution in [2.45, 2.75) is 19.1 Å². The first-order valence-corrected chi connectivity index (χ1v) is 7.85. The maximum absolute atomic E-state index is 12.5. The van der Waals surface area contributed by atoms with Gasteiger partial charge in [0.1, 0.15) is 16.1 Å². The average Bonchev–Trinajstić information content (AvgIpc) is 3.06. The summed E-state index contributed by atoms with van der Waals surface area (Å²) in [6, 6.07) is 8.36. The molecule has 1 aliphatic heterocycles. The Morgan fingerprint density at radius 3 is 2.70 bits per heavy atom. The van der Waals surface area contributed by atoms with Gasteiger partial charge in [0.05, 0.1) is 0 Å². The highest BCUT2D eigenvalue weighted by atomic mass is 35.5. The van der Waals surface area contributed by atoms with Gasteiger partial charge < -0.3 is 4.74 Å². The van der Waals surface area contributed by atoms with E-state index in [2.05, 4.69) is 15.4 Å². The molecule has 0 saturated carbocycles. The summed E-state index contributed by atoms with van der Waals surface area (Å²) in [6.07, 6.45) is 3.12. The molecule has 8 heteroatoms. The van der Waals surface area contributed by atoms with Crippen molar-refractivity contribution in [3.8, 4) is 0 Å². The molecule has 2 aromatic rings. The molecule has 0 spiro atoms. The van der Waals surface area contributed by atoms with Crippen LogP contribution in [0.1, 0.15) is 23.2 Å². The lowest BCUT2D eigenvalue weighted by molar-refractivity contribution is 0.0799. The monoisotopic (exact) mass is 352 g/mol. The minimum Gasteiger partial charge on any atom is -0.357 e. The summed E-state index contributed by atoms with van der Waals surface area (Å²) < 4.78 is 5.66. The molecule has 1 unspecified atom stereocenters. The lowest BCUT2D eigenvalue weighted by Gasteiger charge is -2.29. The Labute approximate surface area is 143 Å². The second-order valence-corrected chi connectivity index (χ2v) is 5.74. The van der Waals surface area contributed by atoms with Gasteiger partial charge in [-0.2, -0.15) is 0 Å². The maximum Gasteiger partial charge on any atom is 0.270 e. The molecule has 2 aromatic heterocycles. The number of nitrogens with zero attached hydrogens (tertiary/aromatic N) is 3. The summed E-state index contributed by atoms with van der Waals surface area (Å²) in [5.74, 6) is 0.233. The molecule has 1 aliphatic rings. The minimum absolute atomic E-state index is 0.157. The van der Waals surface area contributed by atoms with Gasteiger partial charge in [0.15, 0.2) is 6.23 Å². The number of nitrogens with one attached hydrogen (secondary N) is 1. The molecule has 0 aliphatic carbocycles. The van der Waals surface area contributed by atoms with Crippen LogP contribution in [0.15, 0.2) is 36.5 Å². The number of rotatable bonds is 4. The fourth-order valence-corrected chi connectivity index (χ4v) is 2.77. The van der Waals surface area contributed by atoms with E-state index in [1.807, 2.05) is 6.07 Å². The summed E-state index contributed by atoms with van der Waals surface area (Å²) in [7, 11) is 0. The number of amides is 1. The lowest BCUT2D eigenvalue weighted by Crippen LogP contribution is -2.49. The van der Waals surface area contributed by atoms with Gasteiger partial charge in [-0.25, -0.2) is 15.0 Å². The van der Waals surface area contributed by atoms with Crippen LogP contribution in [0.2, 0.25) is 10.3 Å². The molecular weight excluding hydrogens is 339 g/mol. The second-order valence-electron chi connectivity index (χ2n) is 4.97. The van der Waals surface area contributed by atoms with Crippen molar-refractivity contribution in [3.63, 3.8) is 0 Å². The Kier molecular flexibility index (Phi) is 4.95. The summed E-state index contributed by atoms with van der Waals surface area (Å²) in [5.41, 5.74) is 3.12. The van der Waals surface area contributed by atoms with Gasteiger partial charge >= 0.3 is 0 Å². The first kappa shape index (κ1) is 16.0. The van der Waals surface area contributed by atoms with Gasteiger partial charge in [0, 0.05) is 18.4 Å². The molecule has 23 heavy (non-hydrogen) atoms. The van der Waals surface area contributed by atoms with E-state index < -0.39 is 0 Å². The zero-order valence-electron chi connectivity index (χ0n) is 12.1. The van der Waals surface area contributed by atoms with E-state index in [-0.39, 0.29) is 22.4 Å². The third-order valence-electron chi connectivity index (χ3n) is 3.34. The zero-order valence-corrected chi connectivity index (χ0v) is 13.6. The molecule has 0 aromatic carbocycles. The fraction of sp³-hybridized carbons (Fsp3) is 0.267. The van der Waals surface area contributed by atoms with Crippen LogP contribution >= 0.6 is 23.2 Å². The van der Waals surface area contributed by atoms with Gasteiger partial charge in [-0.05, 0) is 37.1 Å². The van der Waals surface area contributed by atoms with Crippen molar-refractivity contribution in [2.24, 2.45) is 0 Å². The normalized spacial score (nSPS) is 17.0. The number of anilines is 1. The highest BCUT2D eigenvalue weighted by molar-refractivity contribution is 6.33. The molecule has 1 saturated heterocycles. The molecule has 1 fully saturated rings. The zero-order chi connectivity index (χ0) is 16.2. The topological polar surface area (TPSA) is 67.4 Å². The molecule has 3 rings (SSSR count). The molecule has 6 nitrogen and oxygen atoms in total. The highest BCUT2D eigenvalue weighted by Gasteiger charge is 2.26. The van der Waals surface area contributed by atoms with Crippen LogP contribution in [0, 0.1) is 0 Å². The predicted octanol–water partition coefficient (Wildman–Crippen LogP) is 3.07. The minimum atomic E-state index is -0.364. The molecule has 1 atom stereocenters. The maximum atomic E-state index is 12.5. The summed E-state index contributed by atoms with van der Waals surface area (Å²) in [6.45, 7) is 0.650. The Morgan fingerprint density at radius 1 is 1.30 bits per heavy atom. The smallest absolute Gasteiger partial charge is 0.270 e. The Morgan fingerprint density at radius 2 is 2.09 bits per heavy atom. The van der Waals surface area contributed by atoms with Crippen LogP contribution in [-0.4, -0.2) is 28.7 Å². The fourth-order valence-electron chi connectivity index (χ4n) is 2.31. The van der Waals surface area contributed by atoms with Crippen molar-refractivity contribution in [3.05, 3.63) is 52.4 Å². The molecule has 0 radical (unpaired) electrons. The quantitative estimate of drug-likeness (QED) is 0.676. The summed E-state index contributed by atoms with van der Waals surface area (Å²) >= 11 is 11.7. The number of carbonyl (C=O) groups excluding carboxylic acids is 1. The third-order valence-corrected chi connectivity index (χ3v) is 3.72. The van der Waals surface area contributed by atoms with E-state index in [0.717, 1.165) is 12.8 Å². The first-order valence-electron chi connectivity index (χ1n) is 7.09. The van der Waals surface area contributed by atoms with E-state index in [9.17, 15) is 4.79 Å².